The number of carbonyl (C=O) groups is 2. The molecule has 1 atom stereocenters. The van der Waals surface area contributed by atoms with Crippen molar-refractivity contribution in [3.05, 3.63) is 107 Å². The fourth-order valence-electron chi connectivity index (χ4n) is 6.09. The van der Waals surface area contributed by atoms with E-state index in [1.165, 1.54) is 12.5 Å². The predicted octanol–water partition coefficient (Wildman–Crippen LogP) is 7.51. The zero-order chi connectivity index (χ0) is 29.7. The molecule has 0 heterocycles. The summed E-state index contributed by atoms with van der Waals surface area (Å²) >= 11 is 0. The molecule has 4 aromatic carbocycles. The second-order valence-electron chi connectivity index (χ2n) is 11.1. The summed E-state index contributed by atoms with van der Waals surface area (Å²) in [7, 11) is 1.28. The maximum Gasteiger partial charge on any atom is 0.337 e. The third kappa shape index (κ3) is 5.49. The number of ether oxygens (including phenoxy) is 1. The molecule has 0 radical (unpaired) electrons. The topological polar surface area (TPSA) is 111 Å². The molecular weight excluding hydrogens is 524 g/mol. The minimum atomic E-state index is -0.820. The second kappa shape index (κ2) is 11.9. The number of aliphatic hydroxyl groups excluding tert-OH is 1. The minimum Gasteiger partial charge on any atom is -0.512 e. The average molecular weight is 557 g/mol. The Balaban J connectivity index is 0.000000171. The highest BCUT2D eigenvalue weighted by molar-refractivity contribution is 5.90. The van der Waals surface area contributed by atoms with Crippen LogP contribution in [0.3, 0.4) is 0 Å². The molecule has 4 aromatic rings. The number of Topliss-reactive ketones (excluding diaryl/α,β-unsaturated/α-hetero) is 1. The summed E-state index contributed by atoms with van der Waals surface area (Å²) in [6.45, 7) is 0. The lowest BCUT2D eigenvalue weighted by Gasteiger charge is -2.32. The number of allylic oxidation sites excluding steroid dienone is 1. The van der Waals surface area contributed by atoms with E-state index in [1.807, 2.05) is 60.7 Å². The van der Waals surface area contributed by atoms with E-state index >= 15 is 0 Å². The van der Waals surface area contributed by atoms with Gasteiger partial charge >= 0.3 is 5.97 Å². The molecule has 0 aliphatic heterocycles. The summed E-state index contributed by atoms with van der Waals surface area (Å²) in [5, 5.41) is 33.9. The molecule has 2 aliphatic carbocycles. The van der Waals surface area contributed by atoms with Crippen LogP contribution >= 0.6 is 0 Å². The molecule has 0 aromatic heterocycles. The third-order valence-electron chi connectivity index (χ3n) is 8.74. The van der Waals surface area contributed by atoms with Crippen LogP contribution in [0.15, 0.2) is 96.3 Å². The normalized spacial score (nSPS) is 19.7. The SMILES string of the molecule is COC(=O)C1=C(O)CCC(C#N)(c2ccc3ccccc3c2)C1.N#CC1(c2ccc3ccccc3c2)CCC(=O)CC1. The van der Waals surface area contributed by atoms with E-state index in [1.54, 1.807) is 0 Å². The highest BCUT2D eigenvalue weighted by atomic mass is 16.5. The molecule has 2 aliphatic rings. The summed E-state index contributed by atoms with van der Waals surface area (Å²) < 4.78 is 4.74. The number of nitriles is 2. The van der Waals surface area contributed by atoms with Crippen LogP contribution in [0.4, 0.5) is 0 Å². The van der Waals surface area contributed by atoms with Crippen molar-refractivity contribution in [3.8, 4) is 12.1 Å². The summed E-state index contributed by atoms with van der Waals surface area (Å²) in [6.07, 6.45) is 3.31. The summed E-state index contributed by atoms with van der Waals surface area (Å²) in [5.41, 5.74) is 0.833. The second-order valence-corrected chi connectivity index (χ2v) is 11.1. The van der Waals surface area contributed by atoms with Crippen LogP contribution in [-0.2, 0) is 25.2 Å². The molecule has 0 bridgehead atoms. The van der Waals surface area contributed by atoms with Gasteiger partial charge in [-0.05, 0) is 64.1 Å². The van der Waals surface area contributed by atoms with Crippen molar-refractivity contribution in [2.75, 3.05) is 7.11 Å². The highest BCUT2D eigenvalue weighted by Gasteiger charge is 2.40. The van der Waals surface area contributed by atoms with Crippen molar-refractivity contribution in [1.29, 1.82) is 10.5 Å². The lowest BCUT2D eigenvalue weighted by atomic mass is 9.69. The number of nitrogens with zero attached hydrogens (tertiary/aromatic N) is 2. The van der Waals surface area contributed by atoms with Gasteiger partial charge in [0.05, 0.1) is 35.7 Å². The van der Waals surface area contributed by atoms with E-state index in [2.05, 4.69) is 36.4 Å². The van der Waals surface area contributed by atoms with Crippen LogP contribution in [0.2, 0.25) is 0 Å². The molecule has 1 fully saturated rings. The first-order valence-electron chi connectivity index (χ1n) is 14.2. The van der Waals surface area contributed by atoms with Crippen molar-refractivity contribution >= 4 is 33.3 Å². The first-order valence-corrected chi connectivity index (χ1v) is 14.2. The maximum absolute atomic E-state index is 11.9. The zero-order valence-corrected chi connectivity index (χ0v) is 23.6. The Kier molecular flexibility index (Phi) is 8.09. The number of hydrogen-bond donors (Lipinski definition) is 1. The van der Waals surface area contributed by atoms with Gasteiger partial charge in [0, 0.05) is 25.7 Å². The Bertz CT molecular complexity index is 1780. The number of ketones is 1. The maximum atomic E-state index is 11.9. The smallest absolute Gasteiger partial charge is 0.337 e. The van der Waals surface area contributed by atoms with E-state index in [9.17, 15) is 25.2 Å². The molecule has 6 heteroatoms. The molecule has 1 unspecified atom stereocenters. The number of aliphatic hydroxyl groups is 1. The number of methoxy groups -OCH3 is 1. The van der Waals surface area contributed by atoms with Crippen molar-refractivity contribution in [2.45, 2.75) is 55.8 Å². The summed E-state index contributed by atoms with van der Waals surface area (Å²) in [4.78, 5) is 23.3. The van der Waals surface area contributed by atoms with Crippen molar-refractivity contribution < 1.29 is 19.4 Å². The van der Waals surface area contributed by atoms with Crippen LogP contribution in [0, 0.1) is 22.7 Å². The summed E-state index contributed by atoms with van der Waals surface area (Å²) in [6, 6.07) is 33.1. The minimum absolute atomic E-state index is 0.0310. The van der Waals surface area contributed by atoms with E-state index in [0.29, 0.717) is 38.5 Å². The average Bonchev–Trinajstić information content (AvgIpc) is 3.05. The largest absolute Gasteiger partial charge is 0.512 e. The number of fused-ring (bicyclic) bond motifs is 2. The molecule has 42 heavy (non-hydrogen) atoms. The molecular formula is C36H32N2O4. The standard InChI is InChI=1S/C19H17NO3.C17H15NO/c1-23-18(22)16-11-19(12-20,9-8-17(16)21)15-7-6-13-4-2-3-5-14(13)10-15;18-12-17(9-7-16(19)8-10-17)15-6-5-13-3-1-2-4-14(13)11-15/h2-7,10,21H,8-9,11H2,1H3;1-6,11H,7-10H2. The Morgan fingerprint density at radius 1 is 0.738 bits per heavy atom. The molecule has 210 valence electrons. The van der Waals surface area contributed by atoms with Gasteiger partial charge in [0.15, 0.2) is 0 Å². The lowest BCUT2D eigenvalue weighted by Crippen LogP contribution is -2.31. The molecule has 1 N–H and O–H groups in total. The van der Waals surface area contributed by atoms with E-state index in [0.717, 1.165) is 27.3 Å². The van der Waals surface area contributed by atoms with Crippen LogP contribution < -0.4 is 0 Å². The zero-order valence-electron chi connectivity index (χ0n) is 23.6. The third-order valence-corrected chi connectivity index (χ3v) is 8.74. The van der Waals surface area contributed by atoms with Gasteiger partial charge in [0.2, 0.25) is 0 Å². The monoisotopic (exact) mass is 556 g/mol. The van der Waals surface area contributed by atoms with Gasteiger partial charge in [-0.25, -0.2) is 4.79 Å². The van der Waals surface area contributed by atoms with Crippen molar-refractivity contribution in [2.24, 2.45) is 0 Å². The summed E-state index contributed by atoms with van der Waals surface area (Å²) in [5.74, 6) is -0.252. The quantitative estimate of drug-likeness (QED) is 0.261. The van der Waals surface area contributed by atoms with E-state index in [-0.39, 0.29) is 23.5 Å². The molecule has 1 saturated carbocycles. The number of carbonyl (C=O) groups excluding carboxylic acids is 2. The van der Waals surface area contributed by atoms with Gasteiger partial charge in [0.1, 0.15) is 11.5 Å². The molecule has 6 nitrogen and oxygen atoms in total. The Labute approximate surface area is 245 Å². The molecule has 0 amide bonds. The van der Waals surface area contributed by atoms with Gasteiger partial charge in [-0.3, -0.25) is 4.79 Å². The fraction of sp³-hybridized carbons (Fsp3) is 0.278. The van der Waals surface area contributed by atoms with Crippen LogP contribution in [0.5, 0.6) is 0 Å². The van der Waals surface area contributed by atoms with Gasteiger partial charge in [-0.1, -0.05) is 72.8 Å². The molecule has 0 saturated heterocycles. The van der Waals surface area contributed by atoms with Crippen LogP contribution in [-0.4, -0.2) is 24.0 Å². The first-order chi connectivity index (χ1) is 20.3. The van der Waals surface area contributed by atoms with Gasteiger partial charge in [-0.15, -0.1) is 0 Å². The number of esters is 1. The number of rotatable bonds is 3. The van der Waals surface area contributed by atoms with Crippen molar-refractivity contribution in [3.63, 3.8) is 0 Å². The number of hydrogen-bond acceptors (Lipinski definition) is 6. The lowest BCUT2D eigenvalue weighted by molar-refractivity contribution is -0.136. The number of benzene rings is 4. The van der Waals surface area contributed by atoms with E-state index in [4.69, 9.17) is 4.74 Å². The van der Waals surface area contributed by atoms with E-state index < -0.39 is 16.8 Å². The van der Waals surface area contributed by atoms with Crippen molar-refractivity contribution in [1.82, 2.24) is 0 Å². The van der Waals surface area contributed by atoms with Gasteiger partial charge < -0.3 is 9.84 Å². The predicted molar refractivity (Wildman–Crippen MR) is 161 cm³/mol. The fourth-order valence-corrected chi connectivity index (χ4v) is 6.09. The highest BCUT2D eigenvalue weighted by Crippen LogP contribution is 2.42. The van der Waals surface area contributed by atoms with Crippen LogP contribution in [0.1, 0.15) is 56.1 Å². The Morgan fingerprint density at radius 2 is 1.21 bits per heavy atom. The molecule has 0 spiro atoms. The Morgan fingerprint density at radius 3 is 1.71 bits per heavy atom. The Hall–Kier alpha value is -4.94. The molecule has 6 rings (SSSR count). The first kappa shape index (κ1) is 28.6. The van der Waals surface area contributed by atoms with Gasteiger partial charge in [0.25, 0.3) is 0 Å². The van der Waals surface area contributed by atoms with Gasteiger partial charge in [-0.2, -0.15) is 10.5 Å². The van der Waals surface area contributed by atoms with Crippen LogP contribution in [0.25, 0.3) is 21.5 Å².